The van der Waals surface area contributed by atoms with E-state index < -0.39 is 0 Å². The summed E-state index contributed by atoms with van der Waals surface area (Å²) in [7, 11) is 0. The number of nitrogens with zero attached hydrogens (tertiary/aromatic N) is 2. The molecule has 0 bridgehead atoms. The molecule has 3 rings (SSSR count). The first-order chi connectivity index (χ1) is 9.28. The first-order valence-electron chi connectivity index (χ1n) is 7.70. The summed E-state index contributed by atoms with van der Waals surface area (Å²) in [5.41, 5.74) is 1.22. The molecule has 4 heteroatoms. The molecule has 1 aliphatic carbocycles. The number of aryl methyl sites for hydroxylation is 1. The first kappa shape index (κ1) is 13.4. The predicted octanol–water partition coefficient (Wildman–Crippen LogP) is 3.19. The summed E-state index contributed by atoms with van der Waals surface area (Å²) >= 11 is 1.90. The van der Waals surface area contributed by atoms with Crippen LogP contribution in [0.5, 0.6) is 0 Å². The summed E-state index contributed by atoms with van der Waals surface area (Å²) < 4.78 is 0. The third kappa shape index (κ3) is 2.79. The van der Waals surface area contributed by atoms with E-state index in [2.05, 4.69) is 24.1 Å². The van der Waals surface area contributed by atoms with Gasteiger partial charge in [-0.15, -0.1) is 11.3 Å². The van der Waals surface area contributed by atoms with Crippen LogP contribution >= 0.6 is 11.3 Å². The molecule has 3 nitrogen and oxygen atoms in total. The van der Waals surface area contributed by atoms with E-state index >= 15 is 0 Å². The van der Waals surface area contributed by atoms with Gasteiger partial charge in [0.05, 0.1) is 5.69 Å². The summed E-state index contributed by atoms with van der Waals surface area (Å²) in [4.78, 5) is 8.76. The fraction of sp³-hybridized carbons (Fsp3) is 0.800. The Morgan fingerprint density at radius 3 is 2.74 bits per heavy atom. The fourth-order valence-electron chi connectivity index (χ4n) is 3.48. The average molecular weight is 279 g/mol. The van der Waals surface area contributed by atoms with Gasteiger partial charge < -0.3 is 10.2 Å². The minimum Gasteiger partial charge on any atom is -0.348 e. The molecule has 1 aliphatic heterocycles. The van der Waals surface area contributed by atoms with Gasteiger partial charge in [0.15, 0.2) is 5.13 Å². The molecule has 0 radical (unpaired) electrons. The van der Waals surface area contributed by atoms with Crippen LogP contribution in [0.3, 0.4) is 0 Å². The number of aromatic nitrogens is 1. The first-order valence-corrected chi connectivity index (χ1v) is 8.51. The van der Waals surface area contributed by atoms with Crippen LogP contribution in [0.15, 0.2) is 0 Å². The van der Waals surface area contributed by atoms with Crippen molar-refractivity contribution < 1.29 is 0 Å². The van der Waals surface area contributed by atoms with Crippen molar-refractivity contribution in [2.45, 2.75) is 46.1 Å². The molecule has 2 atom stereocenters. The van der Waals surface area contributed by atoms with Crippen LogP contribution in [-0.4, -0.2) is 24.6 Å². The molecule has 2 aliphatic rings. The molecule has 0 aromatic carbocycles. The number of nitrogens with one attached hydrogen (secondary N) is 1. The number of rotatable bonds is 5. The Labute approximate surface area is 120 Å². The van der Waals surface area contributed by atoms with Crippen molar-refractivity contribution in [2.24, 2.45) is 11.8 Å². The summed E-state index contributed by atoms with van der Waals surface area (Å²) in [5.74, 6) is 1.90. The Hall–Kier alpha value is -0.610. The largest absolute Gasteiger partial charge is 0.348 e. The molecule has 2 unspecified atom stereocenters. The van der Waals surface area contributed by atoms with Crippen molar-refractivity contribution in [1.29, 1.82) is 0 Å². The third-order valence-electron chi connectivity index (χ3n) is 4.59. The lowest BCUT2D eigenvalue weighted by Gasteiger charge is -2.15. The van der Waals surface area contributed by atoms with Gasteiger partial charge in [0.2, 0.25) is 0 Å². The highest BCUT2D eigenvalue weighted by Gasteiger charge is 2.37. The van der Waals surface area contributed by atoms with Gasteiger partial charge in [-0.3, -0.25) is 0 Å². The van der Waals surface area contributed by atoms with E-state index in [9.17, 15) is 0 Å². The minimum absolute atomic E-state index is 0.950. The number of fused-ring (bicyclic) bond motifs is 1. The highest BCUT2D eigenvalue weighted by molar-refractivity contribution is 7.15. The second kappa shape index (κ2) is 5.80. The van der Waals surface area contributed by atoms with E-state index in [0.717, 1.165) is 24.9 Å². The van der Waals surface area contributed by atoms with E-state index in [0.29, 0.717) is 0 Å². The van der Waals surface area contributed by atoms with Gasteiger partial charge >= 0.3 is 0 Å². The molecule has 2 fully saturated rings. The molecule has 2 heterocycles. The topological polar surface area (TPSA) is 28.2 Å². The van der Waals surface area contributed by atoms with Crippen molar-refractivity contribution in [3.8, 4) is 0 Å². The highest BCUT2D eigenvalue weighted by atomic mass is 32.1. The normalized spacial score (nSPS) is 26.1. The zero-order valence-electron chi connectivity index (χ0n) is 12.1. The quantitative estimate of drug-likeness (QED) is 0.839. The van der Waals surface area contributed by atoms with E-state index in [-0.39, 0.29) is 0 Å². The summed E-state index contributed by atoms with van der Waals surface area (Å²) in [5, 5.41) is 4.75. The van der Waals surface area contributed by atoms with E-state index in [1.807, 2.05) is 11.3 Å². The summed E-state index contributed by atoms with van der Waals surface area (Å²) in [6.45, 7) is 8.94. The molecule has 1 N–H and O–H groups in total. The summed E-state index contributed by atoms with van der Waals surface area (Å²) in [6.07, 6.45) is 5.53. The second-order valence-electron chi connectivity index (χ2n) is 6.04. The Balaban J connectivity index is 1.64. The minimum atomic E-state index is 0.950. The monoisotopic (exact) mass is 279 g/mol. The van der Waals surface area contributed by atoms with Crippen molar-refractivity contribution in [1.82, 2.24) is 10.3 Å². The van der Waals surface area contributed by atoms with Crippen LogP contribution in [-0.2, 0) is 6.54 Å². The van der Waals surface area contributed by atoms with Gasteiger partial charge in [0.1, 0.15) is 0 Å². The van der Waals surface area contributed by atoms with Crippen LogP contribution in [0, 0.1) is 18.8 Å². The molecular weight excluding hydrogens is 254 g/mol. The third-order valence-corrected chi connectivity index (χ3v) is 5.81. The van der Waals surface area contributed by atoms with Crippen molar-refractivity contribution >= 4 is 16.5 Å². The van der Waals surface area contributed by atoms with E-state index in [4.69, 9.17) is 4.98 Å². The Bertz CT molecular complexity index is 417. The standard InChI is InChI=1S/C15H25N3S/c1-3-7-16-8-14-11(2)17-15(19-14)18-9-12-5-4-6-13(12)10-18/h12-13,16H,3-10H2,1-2H3. The van der Waals surface area contributed by atoms with Crippen LogP contribution < -0.4 is 10.2 Å². The zero-order valence-corrected chi connectivity index (χ0v) is 12.9. The molecule has 106 valence electrons. The molecule has 0 amide bonds. The van der Waals surface area contributed by atoms with E-state index in [1.54, 1.807) is 0 Å². The lowest BCUT2D eigenvalue weighted by molar-refractivity contribution is 0.494. The Kier molecular flexibility index (Phi) is 4.08. The predicted molar refractivity (Wildman–Crippen MR) is 81.9 cm³/mol. The molecule has 1 saturated carbocycles. The Morgan fingerprint density at radius 2 is 2.05 bits per heavy atom. The second-order valence-corrected chi connectivity index (χ2v) is 7.10. The molecule has 1 aromatic rings. The smallest absolute Gasteiger partial charge is 0.185 e. The van der Waals surface area contributed by atoms with Gasteiger partial charge in [-0.25, -0.2) is 4.98 Å². The van der Waals surface area contributed by atoms with Crippen LogP contribution in [0.4, 0.5) is 5.13 Å². The zero-order chi connectivity index (χ0) is 13.2. The SMILES string of the molecule is CCCNCc1sc(N2CC3CCCC3C2)nc1C. The number of hydrogen-bond acceptors (Lipinski definition) is 4. The van der Waals surface area contributed by atoms with Crippen LogP contribution in [0.1, 0.15) is 43.2 Å². The lowest BCUT2D eigenvalue weighted by Crippen LogP contribution is -2.20. The molecule has 1 aromatic heterocycles. The fourth-order valence-corrected chi connectivity index (χ4v) is 4.53. The van der Waals surface area contributed by atoms with Gasteiger partial charge in [-0.2, -0.15) is 0 Å². The lowest BCUT2D eigenvalue weighted by atomic mass is 10.0. The number of anilines is 1. The summed E-state index contributed by atoms with van der Waals surface area (Å²) in [6, 6.07) is 0. The van der Waals surface area contributed by atoms with Gasteiger partial charge in [-0.05, 0) is 44.6 Å². The van der Waals surface area contributed by atoms with Crippen molar-refractivity contribution in [2.75, 3.05) is 24.5 Å². The molecule has 19 heavy (non-hydrogen) atoms. The molecule has 0 spiro atoms. The Morgan fingerprint density at radius 1 is 1.32 bits per heavy atom. The highest BCUT2D eigenvalue weighted by Crippen LogP contribution is 2.40. The maximum Gasteiger partial charge on any atom is 0.185 e. The number of hydrogen-bond donors (Lipinski definition) is 1. The molecule has 1 saturated heterocycles. The van der Waals surface area contributed by atoms with E-state index in [1.165, 1.54) is 54.5 Å². The van der Waals surface area contributed by atoms with Gasteiger partial charge in [0, 0.05) is 24.5 Å². The number of thiazole rings is 1. The maximum absolute atomic E-state index is 4.80. The maximum atomic E-state index is 4.80. The van der Waals surface area contributed by atoms with Gasteiger partial charge in [0.25, 0.3) is 0 Å². The van der Waals surface area contributed by atoms with Crippen molar-refractivity contribution in [3.63, 3.8) is 0 Å². The molecular formula is C15H25N3S. The van der Waals surface area contributed by atoms with Gasteiger partial charge in [-0.1, -0.05) is 13.3 Å². The van der Waals surface area contributed by atoms with Crippen LogP contribution in [0.2, 0.25) is 0 Å². The average Bonchev–Trinajstić information content (AvgIpc) is 3.03. The van der Waals surface area contributed by atoms with Crippen molar-refractivity contribution in [3.05, 3.63) is 10.6 Å². The van der Waals surface area contributed by atoms with Crippen LogP contribution in [0.25, 0.3) is 0 Å².